The van der Waals surface area contributed by atoms with Crippen molar-refractivity contribution in [1.82, 2.24) is 4.72 Å². The first-order valence-corrected chi connectivity index (χ1v) is 10.5. The summed E-state index contributed by atoms with van der Waals surface area (Å²) < 4.78 is 26.8. The van der Waals surface area contributed by atoms with Crippen LogP contribution in [-0.4, -0.2) is 32.7 Å². The molecule has 0 fully saturated rings. The molecule has 0 saturated carbocycles. The molecular weight excluding hydrogens is 348 g/mol. The number of anilines is 1. The summed E-state index contributed by atoms with van der Waals surface area (Å²) in [6.45, 7) is 1.78. The van der Waals surface area contributed by atoms with Gasteiger partial charge in [0.2, 0.25) is 15.9 Å². The molecule has 1 N–H and O–H groups in total. The summed E-state index contributed by atoms with van der Waals surface area (Å²) in [4.78, 5) is 14.3. The zero-order chi connectivity index (χ0) is 18.6. The van der Waals surface area contributed by atoms with E-state index in [0.29, 0.717) is 12.8 Å². The Balaban J connectivity index is 1.52. The summed E-state index contributed by atoms with van der Waals surface area (Å²) in [5, 5.41) is 0. The van der Waals surface area contributed by atoms with Crippen LogP contribution in [0.3, 0.4) is 0 Å². The minimum absolute atomic E-state index is 0.0152. The standard InChI is InChI=1S/C20H24N2O3S/c1-16-14-18-11-5-6-12-19(18)22(16)20(23)15-21-26(24,25)13-7-10-17-8-3-2-4-9-17/h2-6,8-9,11-12,16,21H,7,10,13-15H2,1H3. The third-order valence-corrected chi connectivity index (χ3v) is 6.05. The van der Waals surface area contributed by atoms with Gasteiger partial charge in [0.1, 0.15) is 0 Å². The third kappa shape index (κ3) is 4.51. The number of hydrogen-bond donors (Lipinski definition) is 1. The summed E-state index contributed by atoms with van der Waals surface area (Å²) in [5.74, 6) is -0.199. The molecule has 2 aromatic carbocycles. The average Bonchev–Trinajstić information content (AvgIpc) is 2.96. The van der Waals surface area contributed by atoms with Crippen LogP contribution < -0.4 is 9.62 Å². The van der Waals surface area contributed by atoms with E-state index < -0.39 is 10.0 Å². The second-order valence-corrected chi connectivity index (χ2v) is 8.60. The van der Waals surface area contributed by atoms with E-state index in [1.165, 1.54) is 0 Å². The molecule has 26 heavy (non-hydrogen) atoms. The molecule has 6 heteroatoms. The van der Waals surface area contributed by atoms with Gasteiger partial charge >= 0.3 is 0 Å². The van der Waals surface area contributed by atoms with E-state index in [9.17, 15) is 13.2 Å². The summed E-state index contributed by atoms with van der Waals surface area (Å²) in [6.07, 6.45) is 2.02. The Morgan fingerprint density at radius 1 is 1.12 bits per heavy atom. The molecule has 1 unspecified atom stereocenters. The maximum atomic E-state index is 12.6. The first kappa shape index (κ1) is 18.6. The normalized spacial score (nSPS) is 16.5. The topological polar surface area (TPSA) is 66.5 Å². The predicted molar refractivity (Wildman–Crippen MR) is 104 cm³/mol. The lowest BCUT2D eigenvalue weighted by Crippen LogP contribution is -2.43. The Bertz CT molecular complexity index is 866. The quantitative estimate of drug-likeness (QED) is 0.812. The van der Waals surface area contributed by atoms with E-state index in [-0.39, 0.29) is 24.2 Å². The molecule has 1 amide bonds. The molecule has 1 heterocycles. The summed E-state index contributed by atoms with van der Waals surface area (Å²) >= 11 is 0. The van der Waals surface area contributed by atoms with Gasteiger partial charge in [0.15, 0.2) is 0 Å². The second-order valence-electron chi connectivity index (χ2n) is 6.67. The molecule has 0 aromatic heterocycles. The molecule has 1 atom stereocenters. The van der Waals surface area contributed by atoms with Crippen LogP contribution in [0.1, 0.15) is 24.5 Å². The van der Waals surface area contributed by atoms with E-state index >= 15 is 0 Å². The number of para-hydroxylation sites is 1. The fourth-order valence-electron chi connectivity index (χ4n) is 3.39. The van der Waals surface area contributed by atoms with Crippen molar-refractivity contribution < 1.29 is 13.2 Å². The number of nitrogens with one attached hydrogen (secondary N) is 1. The van der Waals surface area contributed by atoms with Crippen molar-refractivity contribution in [2.24, 2.45) is 0 Å². The lowest BCUT2D eigenvalue weighted by molar-refractivity contribution is -0.117. The first-order valence-electron chi connectivity index (χ1n) is 8.87. The van der Waals surface area contributed by atoms with Gasteiger partial charge in [-0.1, -0.05) is 48.5 Å². The summed E-state index contributed by atoms with van der Waals surface area (Å²) in [6, 6.07) is 17.6. The number of aryl methyl sites for hydroxylation is 1. The van der Waals surface area contributed by atoms with Gasteiger partial charge in [0.25, 0.3) is 0 Å². The van der Waals surface area contributed by atoms with Gasteiger partial charge in [-0.25, -0.2) is 13.1 Å². The van der Waals surface area contributed by atoms with Gasteiger partial charge in [-0.15, -0.1) is 0 Å². The molecule has 138 valence electrons. The van der Waals surface area contributed by atoms with Crippen molar-refractivity contribution in [2.45, 2.75) is 32.2 Å². The fourth-order valence-corrected chi connectivity index (χ4v) is 4.40. The van der Waals surface area contributed by atoms with Crippen molar-refractivity contribution in [2.75, 3.05) is 17.2 Å². The molecule has 0 bridgehead atoms. The number of rotatable bonds is 7. The first-order chi connectivity index (χ1) is 12.5. The van der Waals surface area contributed by atoms with Gasteiger partial charge in [-0.3, -0.25) is 4.79 Å². The highest BCUT2D eigenvalue weighted by Gasteiger charge is 2.30. The van der Waals surface area contributed by atoms with Crippen LogP contribution in [-0.2, 0) is 27.7 Å². The third-order valence-electron chi connectivity index (χ3n) is 4.64. The summed E-state index contributed by atoms with van der Waals surface area (Å²) in [5.41, 5.74) is 3.12. The number of sulfonamides is 1. The van der Waals surface area contributed by atoms with Crippen molar-refractivity contribution >= 4 is 21.6 Å². The number of fused-ring (bicyclic) bond motifs is 1. The van der Waals surface area contributed by atoms with E-state index in [1.807, 2.05) is 61.5 Å². The summed E-state index contributed by atoms with van der Waals surface area (Å²) in [7, 11) is -3.47. The smallest absolute Gasteiger partial charge is 0.242 e. The maximum Gasteiger partial charge on any atom is 0.242 e. The number of hydrogen-bond acceptors (Lipinski definition) is 3. The minimum atomic E-state index is -3.47. The molecular formula is C20H24N2O3S. The van der Waals surface area contributed by atoms with Gasteiger partial charge in [0.05, 0.1) is 12.3 Å². The molecule has 3 rings (SSSR count). The number of benzene rings is 2. The average molecular weight is 372 g/mol. The highest BCUT2D eigenvalue weighted by atomic mass is 32.2. The second kappa shape index (κ2) is 8.01. The fraction of sp³-hybridized carbons (Fsp3) is 0.350. The molecule has 5 nitrogen and oxygen atoms in total. The van der Waals surface area contributed by atoms with Gasteiger partial charge in [-0.2, -0.15) is 0 Å². The predicted octanol–water partition coefficient (Wildman–Crippen LogP) is 2.52. The van der Waals surface area contributed by atoms with Crippen molar-refractivity contribution in [1.29, 1.82) is 0 Å². The van der Waals surface area contributed by atoms with Crippen LogP contribution in [0.2, 0.25) is 0 Å². The van der Waals surface area contributed by atoms with E-state index in [0.717, 1.165) is 23.2 Å². The van der Waals surface area contributed by atoms with Crippen LogP contribution in [0, 0.1) is 0 Å². The molecule has 1 aliphatic rings. The molecule has 0 spiro atoms. The largest absolute Gasteiger partial charge is 0.308 e. The van der Waals surface area contributed by atoms with Crippen molar-refractivity contribution in [3.05, 3.63) is 65.7 Å². The number of amides is 1. The Kier molecular flexibility index (Phi) is 5.74. The molecule has 2 aromatic rings. The molecule has 0 aliphatic carbocycles. The lowest BCUT2D eigenvalue weighted by atomic mass is 10.1. The number of carbonyl (C=O) groups is 1. The highest BCUT2D eigenvalue weighted by molar-refractivity contribution is 7.89. The van der Waals surface area contributed by atoms with Crippen molar-refractivity contribution in [3.8, 4) is 0 Å². The Morgan fingerprint density at radius 2 is 1.81 bits per heavy atom. The molecule has 0 radical (unpaired) electrons. The lowest BCUT2D eigenvalue weighted by Gasteiger charge is -2.22. The Labute approximate surface area is 155 Å². The van der Waals surface area contributed by atoms with E-state index in [2.05, 4.69) is 4.72 Å². The van der Waals surface area contributed by atoms with Crippen LogP contribution in [0.4, 0.5) is 5.69 Å². The van der Waals surface area contributed by atoms with Crippen molar-refractivity contribution in [3.63, 3.8) is 0 Å². The van der Waals surface area contributed by atoms with Crippen LogP contribution >= 0.6 is 0 Å². The SMILES string of the molecule is CC1Cc2ccccc2N1C(=O)CNS(=O)(=O)CCCc1ccccc1. The minimum Gasteiger partial charge on any atom is -0.308 e. The zero-order valence-corrected chi connectivity index (χ0v) is 15.7. The zero-order valence-electron chi connectivity index (χ0n) is 14.9. The highest BCUT2D eigenvalue weighted by Crippen LogP contribution is 2.31. The van der Waals surface area contributed by atoms with E-state index in [1.54, 1.807) is 4.90 Å². The Hall–Kier alpha value is -2.18. The number of nitrogens with zero attached hydrogens (tertiary/aromatic N) is 1. The van der Waals surface area contributed by atoms with Gasteiger partial charge < -0.3 is 4.90 Å². The van der Waals surface area contributed by atoms with Gasteiger partial charge in [0, 0.05) is 11.7 Å². The molecule has 1 aliphatic heterocycles. The van der Waals surface area contributed by atoms with Crippen LogP contribution in [0.5, 0.6) is 0 Å². The monoisotopic (exact) mass is 372 g/mol. The molecule has 0 saturated heterocycles. The maximum absolute atomic E-state index is 12.6. The van der Waals surface area contributed by atoms with E-state index in [4.69, 9.17) is 0 Å². The van der Waals surface area contributed by atoms with Crippen LogP contribution in [0.25, 0.3) is 0 Å². The Morgan fingerprint density at radius 3 is 2.58 bits per heavy atom. The number of carbonyl (C=O) groups excluding carboxylic acids is 1. The van der Waals surface area contributed by atoms with Crippen LogP contribution in [0.15, 0.2) is 54.6 Å². The van der Waals surface area contributed by atoms with Gasteiger partial charge in [-0.05, 0) is 43.4 Å².